The van der Waals surface area contributed by atoms with Crippen molar-refractivity contribution in [1.82, 2.24) is 15.0 Å². The van der Waals surface area contributed by atoms with Crippen molar-refractivity contribution in [3.63, 3.8) is 0 Å². The van der Waals surface area contributed by atoms with Crippen LogP contribution < -0.4 is 11.1 Å². The van der Waals surface area contributed by atoms with Crippen molar-refractivity contribution < 1.29 is 4.39 Å². The largest absolute Gasteiger partial charge is 0.365 e. The highest BCUT2D eigenvalue weighted by molar-refractivity contribution is 6.28. The number of aromatic amines is 1. The summed E-state index contributed by atoms with van der Waals surface area (Å²) in [6.45, 7) is 2.33. The summed E-state index contributed by atoms with van der Waals surface area (Å²) in [6.07, 6.45) is 0.387. The number of nitrogens with two attached hydrogens (primary N) is 1. The molecule has 0 aliphatic heterocycles. The van der Waals surface area contributed by atoms with E-state index in [1.165, 1.54) is 0 Å². The molecule has 0 bridgehead atoms. The number of nitrogens with one attached hydrogen (secondary N) is 2. The molecule has 1 atom stereocenters. The van der Waals surface area contributed by atoms with Gasteiger partial charge in [-0.1, -0.05) is 30.3 Å². The Balaban J connectivity index is 1.97. The van der Waals surface area contributed by atoms with Crippen LogP contribution in [0.2, 0.25) is 5.28 Å². The molecule has 0 radical (unpaired) electrons. The fourth-order valence-corrected chi connectivity index (χ4v) is 2.62. The first-order valence-electron chi connectivity index (χ1n) is 7.31. The first-order chi connectivity index (χ1) is 11.0. The van der Waals surface area contributed by atoms with Crippen molar-refractivity contribution in [2.24, 2.45) is 5.73 Å². The van der Waals surface area contributed by atoms with Gasteiger partial charge in [-0.05, 0) is 24.1 Å². The summed E-state index contributed by atoms with van der Waals surface area (Å²) >= 11 is 5.94. The molecule has 2 heterocycles. The molecule has 120 valence electrons. The van der Waals surface area contributed by atoms with Crippen LogP contribution in [0.1, 0.15) is 18.2 Å². The van der Waals surface area contributed by atoms with Gasteiger partial charge >= 0.3 is 0 Å². The normalized spacial score (nSPS) is 12.5. The van der Waals surface area contributed by atoms with Crippen LogP contribution in [-0.2, 0) is 13.0 Å². The van der Waals surface area contributed by atoms with E-state index in [-0.39, 0.29) is 17.1 Å². The van der Waals surface area contributed by atoms with Crippen LogP contribution in [0.4, 0.5) is 10.2 Å². The van der Waals surface area contributed by atoms with Gasteiger partial charge in [0.15, 0.2) is 5.82 Å². The van der Waals surface area contributed by atoms with E-state index < -0.39 is 0 Å². The van der Waals surface area contributed by atoms with Crippen LogP contribution in [0.3, 0.4) is 0 Å². The summed E-state index contributed by atoms with van der Waals surface area (Å²) < 4.78 is 14.7. The molecule has 0 unspecified atom stereocenters. The molecule has 0 aliphatic carbocycles. The SMILES string of the molecule is C[C@H](N)Cc1[nH]c2nc(Cl)nc(NCc3ccccc3)c2c1F. The fourth-order valence-electron chi connectivity index (χ4n) is 2.45. The predicted octanol–water partition coefficient (Wildman–Crippen LogP) is 3.25. The van der Waals surface area contributed by atoms with Crippen molar-refractivity contribution in [2.45, 2.75) is 25.9 Å². The Morgan fingerprint density at radius 3 is 2.74 bits per heavy atom. The third kappa shape index (κ3) is 3.43. The van der Waals surface area contributed by atoms with Gasteiger partial charge in [0.25, 0.3) is 0 Å². The molecule has 2 aromatic heterocycles. The van der Waals surface area contributed by atoms with Gasteiger partial charge in [-0.3, -0.25) is 0 Å². The van der Waals surface area contributed by atoms with Gasteiger partial charge in [0.05, 0.1) is 11.1 Å². The average Bonchev–Trinajstić information content (AvgIpc) is 2.81. The molecule has 23 heavy (non-hydrogen) atoms. The van der Waals surface area contributed by atoms with E-state index in [9.17, 15) is 4.39 Å². The number of hydrogen-bond acceptors (Lipinski definition) is 4. The second-order valence-corrected chi connectivity index (χ2v) is 5.84. The van der Waals surface area contributed by atoms with Crippen molar-refractivity contribution in [1.29, 1.82) is 0 Å². The zero-order valence-corrected chi connectivity index (χ0v) is 13.4. The number of benzene rings is 1. The smallest absolute Gasteiger partial charge is 0.226 e. The third-order valence-corrected chi connectivity index (χ3v) is 3.63. The van der Waals surface area contributed by atoms with E-state index in [2.05, 4.69) is 20.3 Å². The summed E-state index contributed by atoms with van der Waals surface area (Å²) in [5.74, 6) is -0.0157. The minimum Gasteiger partial charge on any atom is -0.365 e. The Labute approximate surface area is 138 Å². The highest BCUT2D eigenvalue weighted by Crippen LogP contribution is 2.28. The maximum Gasteiger partial charge on any atom is 0.226 e. The predicted molar refractivity (Wildman–Crippen MR) is 90.0 cm³/mol. The number of hydrogen-bond donors (Lipinski definition) is 3. The topological polar surface area (TPSA) is 79.6 Å². The lowest BCUT2D eigenvalue weighted by molar-refractivity contribution is 0.602. The molecule has 3 aromatic rings. The molecule has 4 N–H and O–H groups in total. The van der Waals surface area contributed by atoms with Crippen LogP contribution in [-0.4, -0.2) is 21.0 Å². The van der Waals surface area contributed by atoms with Crippen molar-refractivity contribution in [3.05, 3.63) is 52.7 Å². The van der Waals surface area contributed by atoms with E-state index in [0.29, 0.717) is 35.5 Å². The number of halogens is 2. The van der Waals surface area contributed by atoms with Gasteiger partial charge in [-0.25, -0.2) is 4.39 Å². The molecule has 0 aliphatic rings. The lowest BCUT2D eigenvalue weighted by Gasteiger charge is -2.07. The maximum absolute atomic E-state index is 14.7. The highest BCUT2D eigenvalue weighted by atomic mass is 35.5. The molecule has 0 amide bonds. The highest BCUT2D eigenvalue weighted by Gasteiger charge is 2.18. The lowest BCUT2D eigenvalue weighted by Crippen LogP contribution is -2.18. The monoisotopic (exact) mass is 333 g/mol. The number of H-pyrrole nitrogens is 1. The van der Waals surface area contributed by atoms with Gasteiger partial charge < -0.3 is 16.0 Å². The van der Waals surface area contributed by atoms with E-state index in [0.717, 1.165) is 5.56 Å². The standard InChI is InChI=1S/C16H17ClFN5/c1-9(19)7-11-13(18)12-14(22-16(17)23-15(12)21-11)20-8-10-5-3-2-4-6-10/h2-6,9H,7-8,19H2,1H3,(H2,20,21,22,23)/t9-/m0/s1. The molecule has 3 rings (SSSR count). The molecular weight excluding hydrogens is 317 g/mol. The molecule has 0 fully saturated rings. The van der Waals surface area contributed by atoms with Crippen LogP contribution in [0.15, 0.2) is 30.3 Å². The Kier molecular flexibility index (Phi) is 4.45. The number of nitrogens with zero attached hydrogens (tertiary/aromatic N) is 2. The zero-order valence-electron chi connectivity index (χ0n) is 12.6. The van der Waals surface area contributed by atoms with Gasteiger partial charge in [0.1, 0.15) is 11.5 Å². The Bertz CT molecular complexity index is 816. The van der Waals surface area contributed by atoms with Crippen LogP contribution in [0.5, 0.6) is 0 Å². The summed E-state index contributed by atoms with van der Waals surface area (Å²) in [5, 5.41) is 3.49. The Hall–Kier alpha value is -2.18. The van der Waals surface area contributed by atoms with Crippen molar-refractivity contribution in [3.8, 4) is 0 Å². The molecule has 5 nitrogen and oxygen atoms in total. The molecule has 0 saturated heterocycles. The van der Waals surface area contributed by atoms with Gasteiger partial charge in [-0.2, -0.15) is 9.97 Å². The summed E-state index contributed by atoms with van der Waals surface area (Å²) in [4.78, 5) is 11.1. The molecule has 1 aromatic carbocycles. The summed E-state index contributed by atoms with van der Waals surface area (Å²) in [6, 6.07) is 9.61. The maximum atomic E-state index is 14.7. The van der Waals surface area contributed by atoms with Crippen LogP contribution in [0, 0.1) is 5.82 Å². The molecule has 0 spiro atoms. The number of rotatable bonds is 5. The van der Waals surface area contributed by atoms with E-state index in [4.69, 9.17) is 17.3 Å². The second kappa shape index (κ2) is 6.52. The lowest BCUT2D eigenvalue weighted by atomic mass is 10.2. The Morgan fingerprint density at radius 2 is 2.04 bits per heavy atom. The van der Waals surface area contributed by atoms with E-state index in [1.807, 2.05) is 37.3 Å². The summed E-state index contributed by atoms with van der Waals surface area (Å²) in [7, 11) is 0. The number of aromatic nitrogens is 3. The number of fused-ring (bicyclic) bond motifs is 1. The zero-order chi connectivity index (χ0) is 16.4. The van der Waals surface area contributed by atoms with Crippen molar-refractivity contribution in [2.75, 3.05) is 5.32 Å². The van der Waals surface area contributed by atoms with E-state index >= 15 is 0 Å². The third-order valence-electron chi connectivity index (χ3n) is 3.46. The minimum absolute atomic E-state index is 0.0571. The van der Waals surface area contributed by atoms with Crippen LogP contribution in [0.25, 0.3) is 11.0 Å². The minimum atomic E-state index is -0.385. The number of anilines is 1. The van der Waals surface area contributed by atoms with E-state index in [1.54, 1.807) is 0 Å². The Morgan fingerprint density at radius 1 is 1.30 bits per heavy atom. The molecule has 7 heteroatoms. The van der Waals surface area contributed by atoms with Gasteiger partial charge in [0.2, 0.25) is 5.28 Å². The molecule has 0 saturated carbocycles. The van der Waals surface area contributed by atoms with Crippen LogP contribution >= 0.6 is 11.6 Å². The van der Waals surface area contributed by atoms with Gasteiger partial charge in [0, 0.05) is 19.0 Å². The molecular formula is C16H17ClFN5. The first kappa shape index (κ1) is 15.7. The van der Waals surface area contributed by atoms with Crippen molar-refractivity contribution >= 4 is 28.5 Å². The average molecular weight is 334 g/mol. The quantitative estimate of drug-likeness (QED) is 0.626. The summed E-state index contributed by atoms with van der Waals surface area (Å²) in [5.41, 5.74) is 7.59. The second-order valence-electron chi connectivity index (χ2n) is 5.50. The van der Waals surface area contributed by atoms with Gasteiger partial charge in [-0.15, -0.1) is 0 Å². The fraction of sp³-hybridized carbons (Fsp3) is 0.250. The first-order valence-corrected chi connectivity index (χ1v) is 7.69.